The van der Waals surface area contributed by atoms with Crippen LogP contribution in [0.3, 0.4) is 0 Å². The van der Waals surface area contributed by atoms with Crippen molar-refractivity contribution in [3.05, 3.63) is 18.3 Å². The SMILES string of the molecule is COc1ccc(NC(=O)C(C)NC(=O)C(C)(C)C)cn1. The third-order valence-corrected chi connectivity index (χ3v) is 2.64. The van der Waals surface area contributed by atoms with Crippen molar-refractivity contribution in [3.8, 4) is 5.88 Å². The molecule has 0 aliphatic rings. The summed E-state index contributed by atoms with van der Waals surface area (Å²) in [7, 11) is 1.52. The lowest BCUT2D eigenvalue weighted by atomic mass is 9.95. The van der Waals surface area contributed by atoms with E-state index in [9.17, 15) is 9.59 Å². The van der Waals surface area contributed by atoms with Gasteiger partial charge in [0.05, 0.1) is 19.0 Å². The van der Waals surface area contributed by atoms with Crippen LogP contribution >= 0.6 is 0 Å². The van der Waals surface area contributed by atoms with Crippen LogP contribution in [0.1, 0.15) is 27.7 Å². The second kappa shape index (κ2) is 6.36. The molecular weight excluding hydrogens is 258 g/mol. The van der Waals surface area contributed by atoms with Gasteiger partial charge in [-0.15, -0.1) is 0 Å². The van der Waals surface area contributed by atoms with Gasteiger partial charge in [-0.3, -0.25) is 9.59 Å². The molecule has 0 fully saturated rings. The molecule has 1 rings (SSSR count). The van der Waals surface area contributed by atoms with E-state index in [0.29, 0.717) is 11.6 Å². The summed E-state index contributed by atoms with van der Waals surface area (Å²) in [4.78, 5) is 27.7. The molecule has 0 aliphatic carbocycles. The molecule has 2 amide bonds. The molecule has 6 nitrogen and oxygen atoms in total. The summed E-state index contributed by atoms with van der Waals surface area (Å²) in [5, 5.41) is 5.34. The van der Waals surface area contributed by atoms with Gasteiger partial charge in [0.25, 0.3) is 0 Å². The number of methoxy groups -OCH3 is 1. The fourth-order valence-corrected chi connectivity index (χ4v) is 1.30. The van der Waals surface area contributed by atoms with E-state index in [-0.39, 0.29) is 11.8 Å². The topological polar surface area (TPSA) is 80.3 Å². The van der Waals surface area contributed by atoms with Gasteiger partial charge in [0.15, 0.2) is 0 Å². The summed E-state index contributed by atoms with van der Waals surface area (Å²) in [6.45, 7) is 7.01. The van der Waals surface area contributed by atoms with Gasteiger partial charge >= 0.3 is 0 Å². The molecule has 1 atom stereocenters. The van der Waals surface area contributed by atoms with Crippen molar-refractivity contribution in [2.45, 2.75) is 33.7 Å². The Bertz CT molecular complexity index is 477. The molecule has 0 radical (unpaired) electrons. The third-order valence-electron chi connectivity index (χ3n) is 2.64. The van der Waals surface area contributed by atoms with E-state index >= 15 is 0 Å². The van der Waals surface area contributed by atoms with Crippen LogP contribution in [0.25, 0.3) is 0 Å². The molecular formula is C14H21N3O3. The number of nitrogens with zero attached hydrogens (tertiary/aromatic N) is 1. The molecule has 6 heteroatoms. The number of hydrogen-bond acceptors (Lipinski definition) is 4. The molecule has 0 saturated carbocycles. The smallest absolute Gasteiger partial charge is 0.246 e. The quantitative estimate of drug-likeness (QED) is 0.877. The molecule has 0 aliphatic heterocycles. The van der Waals surface area contributed by atoms with Crippen molar-refractivity contribution < 1.29 is 14.3 Å². The largest absolute Gasteiger partial charge is 0.481 e. The van der Waals surface area contributed by atoms with Gasteiger partial charge in [-0.05, 0) is 13.0 Å². The highest BCUT2D eigenvalue weighted by Crippen LogP contribution is 2.14. The minimum atomic E-state index is -0.621. The van der Waals surface area contributed by atoms with Crippen molar-refractivity contribution in [2.24, 2.45) is 5.41 Å². The van der Waals surface area contributed by atoms with E-state index in [1.165, 1.54) is 13.3 Å². The summed E-state index contributed by atoms with van der Waals surface area (Å²) in [5.41, 5.74) is 0.0172. The van der Waals surface area contributed by atoms with Crippen LogP contribution in [-0.2, 0) is 9.59 Å². The molecule has 0 saturated heterocycles. The molecule has 0 spiro atoms. The Balaban J connectivity index is 2.59. The highest BCUT2D eigenvalue weighted by molar-refractivity contribution is 5.97. The summed E-state index contributed by atoms with van der Waals surface area (Å²) in [5.74, 6) is -0.000319. The van der Waals surface area contributed by atoms with Crippen LogP contribution in [0.5, 0.6) is 5.88 Å². The van der Waals surface area contributed by atoms with Gasteiger partial charge in [0, 0.05) is 11.5 Å². The van der Waals surface area contributed by atoms with Crippen molar-refractivity contribution >= 4 is 17.5 Å². The summed E-state index contributed by atoms with van der Waals surface area (Å²) in [6.07, 6.45) is 1.50. The fraction of sp³-hybridized carbons (Fsp3) is 0.500. The van der Waals surface area contributed by atoms with E-state index in [4.69, 9.17) is 4.74 Å². The van der Waals surface area contributed by atoms with Crippen LogP contribution in [0.15, 0.2) is 18.3 Å². The van der Waals surface area contributed by atoms with Gasteiger partial charge in [-0.25, -0.2) is 4.98 Å². The Morgan fingerprint density at radius 1 is 1.30 bits per heavy atom. The Kier molecular flexibility index (Phi) is 5.07. The first-order valence-corrected chi connectivity index (χ1v) is 6.36. The Labute approximate surface area is 118 Å². The second-order valence-electron chi connectivity index (χ2n) is 5.52. The van der Waals surface area contributed by atoms with Gasteiger partial charge in [0.2, 0.25) is 17.7 Å². The van der Waals surface area contributed by atoms with Crippen LogP contribution in [0.2, 0.25) is 0 Å². The van der Waals surface area contributed by atoms with E-state index in [1.54, 1.807) is 39.8 Å². The predicted molar refractivity (Wildman–Crippen MR) is 76.5 cm³/mol. The van der Waals surface area contributed by atoms with E-state index in [0.717, 1.165) is 0 Å². The molecule has 1 aromatic rings. The van der Waals surface area contributed by atoms with Crippen LogP contribution in [-0.4, -0.2) is 29.9 Å². The first-order chi connectivity index (χ1) is 9.24. The number of anilines is 1. The first kappa shape index (κ1) is 15.9. The molecule has 110 valence electrons. The average Bonchev–Trinajstić information content (AvgIpc) is 2.38. The van der Waals surface area contributed by atoms with E-state index < -0.39 is 11.5 Å². The molecule has 20 heavy (non-hydrogen) atoms. The Morgan fingerprint density at radius 2 is 1.95 bits per heavy atom. The van der Waals surface area contributed by atoms with Crippen molar-refractivity contribution in [3.63, 3.8) is 0 Å². The second-order valence-corrected chi connectivity index (χ2v) is 5.52. The zero-order chi connectivity index (χ0) is 15.3. The standard InChI is InChI=1S/C14H21N3O3/c1-9(16-13(19)14(2,3)4)12(18)17-10-6-7-11(20-5)15-8-10/h6-9H,1-5H3,(H,16,19)(H,17,18). The number of pyridine rings is 1. The Morgan fingerprint density at radius 3 is 2.40 bits per heavy atom. The maximum atomic E-state index is 11.9. The maximum absolute atomic E-state index is 11.9. The predicted octanol–water partition coefficient (Wildman–Crippen LogP) is 1.58. The number of carbonyl (C=O) groups excluding carboxylic acids is 2. The monoisotopic (exact) mass is 279 g/mol. The molecule has 0 aromatic carbocycles. The third kappa shape index (κ3) is 4.53. The van der Waals surface area contributed by atoms with Crippen molar-refractivity contribution in [1.82, 2.24) is 10.3 Å². The van der Waals surface area contributed by atoms with Crippen molar-refractivity contribution in [2.75, 3.05) is 12.4 Å². The lowest BCUT2D eigenvalue weighted by Crippen LogP contribution is -2.46. The minimum Gasteiger partial charge on any atom is -0.481 e. The lowest BCUT2D eigenvalue weighted by molar-refractivity contribution is -0.131. The fourth-order valence-electron chi connectivity index (χ4n) is 1.30. The zero-order valence-corrected chi connectivity index (χ0v) is 12.5. The van der Waals surface area contributed by atoms with Gasteiger partial charge in [0.1, 0.15) is 6.04 Å². The number of ether oxygens (including phenoxy) is 1. The van der Waals surface area contributed by atoms with Crippen LogP contribution < -0.4 is 15.4 Å². The molecule has 2 N–H and O–H groups in total. The van der Waals surface area contributed by atoms with E-state index in [2.05, 4.69) is 15.6 Å². The number of rotatable bonds is 4. The van der Waals surface area contributed by atoms with Gasteiger partial charge in [-0.2, -0.15) is 0 Å². The molecule has 1 unspecified atom stereocenters. The molecule has 0 bridgehead atoms. The van der Waals surface area contributed by atoms with Crippen LogP contribution in [0.4, 0.5) is 5.69 Å². The van der Waals surface area contributed by atoms with Crippen LogP contribution in [0, 0.1) is 5.41 Å². The maximum Gasteiger partial charge on any atom is 0.246 e. The number of aromatic nitrogens is 1. The highest BCUT2D eigenvalue weighted by atomic mass is 16.5. The number of nitrogens with one attached hydrogen (secondary N) is 2. The van der Waals surface area contributed by atoms with Crippen molar-refractivity contribution in [1.29, 1.82) is 0 Å². The lowest BCUT2D eigenvalue weighted by Gasteiger charge is -2.21. The van der Waals surface area contributed by atoms with Gasteiger partial charge < -0.3 is 15.4 Å². The van der Waals surface area contributed by atoms with E-state index in [1.807, 2.05) is 0 Å². The Hall–Kier alpha value is -2.11. The molecule has 1 aromatic heterocycles. The number of carbonyl (C=O) groups is 2. The molecule has 1 heterocycles. The summed E-state index contributed by atoms with van der Waals surface area (Å²) in [6, 6.07) is 2.71. The minimum absolute atomic E-state index is 0.173. The number of hydrogen-bond donors (Lipinski definition) is 2. The average molecular weight is 279 g/mol. The summed E-state index contributed by atoms with van der Waals surface area (Å²) < 4.78 is 4.93. The van der Waals surface area contributed by atoms with Gasteiger partial charge in [-0.1, -0.05) is 20.8 Å². The summed E-state index contributed by atoms with van der Waals surface area (Å²) >= 11 is 0. The number of amides is 2. The normalized spacial score (nSPS) is 12.4. The first-order valence-electron chi connectivity index (χ1n) is 6.36. The highest BCUT2D eigenvalue weighted by Gasteiger charge is 2.25. The zero-order valence-electron chi connectivity index (χ0n) is 12.5.